The van der Waals surface area contributed by atoms with Crippen molar-refractivity contribution in [3.8, 4) is 11.5 Å². The lowest BCUT2D eigenvalue weighted by Gasteiger charge is -2.10. The fourth-order valence-electron chi connectivity index (χ4n) is 2.08. The molecule has 0 atom stereocenters. The first-order valence-electron chi connectivity index (χ1n) is 6.91. The van der Waals surface area contributed by atoms with E-state index in [1.807, 2.05) is 18.2 Å². The monoisotopic (exact) mass is 371 g/mol. The highest BCUT2D eigenvalue weighted by atomic mass is 32.2. The molecule has 8 heteroatoms. The second kappa shape index (κ2) is 6.90. The van der Waals surface area contributed by atoms with Crippen molar-refractivity contribution in [2.45, 2.75) is 11.9 Å². The minimum atomic E-state index is -4.34. The molecule has 1 heterocycles. The number of fused-ring (bicyclic) bond motifs is 1. The lowest BCUT2D eigenvalue weighted by atomic mass is 10.2. The zero-order valence-corrected chi connectivity index (χ0v) is 13.9. The number of thioether (sulfide) groups is 1. The summed E-state index contributed by atoms with van der Waals surface area (Å²) in [6.45, 7) is 0.222. The molecule has 0 radical (unpaired) electrons. The molecule has 0 unspecified atom stereocenters. The standard InChI is InChI=1S/C16H12F3NO2S2/c17-16(18,19)11-2-4-12(5-3-11)20-15(23)24-8-10-1-6-13-14(7-10)22-9-21-13/h1-7H,8-9H2,(H,20,23). The molecule has 3 rings (SSSR count). The van der Waals surface area contributed by atoms with Gasteiger partial charge in [0.15, 0.2) is 11.5 Å². The van der Waals surface area contributed by atoms with Crippen molar-refractivity contribution >= 4 is 34.0 Å². The van der Waals surface area contributed by atoms with E-state index in [4.69, 9.17) is 21.7 Å². The maximum absolute atomic E-state index is 12.5. The van der Waals surface area contributed by atoms with Crippen LogP contribution in [0.25, 0.3) is 0 Å². The maximum Gasteiger partial charge on any atom is 0.416 e. The van der Waals surface area contributed by atoms with Crippen LogP contribution < -0.4 is 14.8 Å². The summed E-state index contributed by atoms with van der Waals surface area (Å²) in [7, 11) is 0. The van der Waals surface area contributed by atoms with Crippen molar-refractivity contribution in [3.05, 3.63) is 53.6 Å². The van der Waals surface area contributed by atoms with E-state index in [9.17, 15) is 13.2 Å². The zero-order valence-electron chi connectivity index (χ0n) is 12.2. The van der Waals surface area contributed by atoms with Crippen molar-refractivity contribution < 1.29 is 22.6 Å². The molecule has 0 aromatic heterocycles. The lowest BCUT2D eigenvalue weighted by molar-refractivity contribution is -0.137. The highest BCUT2D eigenvalue weighted by molar-refractivity contribution is 8.22. The van der Waals surface area contributed by atoms with E-state index < -0.39 is 11.7 Å². The van der Waals surface area contributed by atoms with Gasteiger partial charge < -0.3 is 14.8 Å². The van der Waals surface area contributed by atoms with Gasteiger partial charge in [-0.05, 0) is 42.0 Å². The Balaban J connectivity index is 1.54. The molecule has 1 N–H and O–H groups in total. The normalized spacial score (nSPS) is 13.0. The molecular weight excluding hydrogens is 359 g/mol. The van der Waals surface area contributed by atoms with Crippen molar-refractivity contribution in [1.29, 1.82) is 0 Å². The third-order valence-electron chi connectivity index (χ3n) is 3.27. The number of rotatable bonds is 3. The van der Waals surface area contributed by atoms with Crippen LogP contribution in [-0.4, -0.2) is 11.1 Å². The molecule has 0 amide bonds. The quantitative estimate of drug-likeness (QED) is 0.762. The minimum Gasteiger partial charge on any atom is -0.454 e. The molecule has 0 saturated heterocycles. The van der Waals surface area contributed by atoms with E-state index in [1.165, 1.54) is 23.9 Å². The van der Waals surface area contributed by atoms with Crippen LogP contribution in [0.2, 0.25) is 0 Å². The Morgan fingerprint density at radius 1 is 1.08 bits per heavy atom. The van der Waals surface area contributed by atoms with E-state index in [-0.39, 0.29) is 6.79 Å². The first-order chi connectivity index (χ1) is 11.4. The highest BCUT2D eigenvalue weighted by Gasteiger charge is 2.29. The van der Waals surface area contributed by atoms with E-state index in [0.717, 1.165) is 17.7 Å². The minimum absolute atomic E-state index is 0.222. The van der Waals surface area contributed by atoms with Crippen molar-refractivity contribution in [2.75, 3.05) is 12.1 Å². The van der Waals surface area contributed by atoms with Crippen LogP contribution in [0, 0.1) is 0 Å². The summed E-state index contributed by atoms with van der Waals surface area (Å²) in [6.07, 6.45) is -4.34. The topological polar surface area (TPSA) is 30.5 Å². The van der Waals surface area contributed by atoms with Crippen LogP contribution in [0.5, 0.6) is 11.5 Å². The van der Waals surface area contributed by atoms with E-state index in [1.54, 1.807) is 0 Å². The Kier molecular flexibility index (Phi) is 4.86. The summed E-state index contributed by atoms with van der Waals surface area (Å²) in [4.78, 5) is 0. The predicted molar refractivity (Wildman–Crippen MR) is 91.5 cm³/mol. The third-order valence-corrected chi connectivity index (χ3v) is 4.56. The Morgan fingerprint density at radius 2 is 1.79 bits per heavy atom. The number of nitrogens with one attached hydrogen (secondary N) is 1. The molecule has 2 aromatic carbocycles. The van der Waals surface area contributed by atoms with Gasteiger partial charge in [0.1, 0.15) is 4.32 Å². The predicted octanol–water partition coefficient (Wildman–Crippen LogP) is 5.06. The van der Waals surface area contributed by atoms with Crippen LogP contribution in [0.15, 0.2) is 42.5 Å². The lowest BCUT2D eigenvalue weighted by Crippen LogP contribution is -2.07. The van der Waals surface area contributed by atoms with E-state index in [2.05, 4.69) is 5.32 Å². The average molecular weight is 371 g/mol. The number of halogens is 3. The third kappa shape index (κ3) is 4.12. The number of anilines is 1. The van der Waals surface area contributed by atoms with Crippen LogP contribution in [0.1, 0.15) is 11.1 Å². The molecular formula is C16H12F3NO2S2. The van der Waals surface area contributed by atoms with Gasteiger partial charge in [-0.15, -0.1) is 0 Å². The van der Waals surface area contributed by atoms with Gasteiger partial charge in [0.25, 0.3) is 0 Å². The van der Waals surface area contributed by atoms with Crippen molar-refractivity contribution in [3.63, 3.8) is 0 Å². The molecule has 0 aliphatic carbocycles. The summed E-state index contributed by atoms with van der Waals surface area (Å²) in [5.74, 6) is 2.03. The molecule has 2 aromatic rings. The zero-order chi connectivity index (χ0) is 17.2. The van der Waals surface area contributed by atoms with Crippen molar-refractivity contribution in [1.82, 2.24) is 0 Å². The molecule has 0 fully saturated rings. The molecule has 3 nitrogen and oxygen atoms in total. The number of ether oxygens (including phenoxy) is 2. The summed E-state index contributed by atoms with van der Waals surface area (Å²) >= 11 is 6.60. The van der Waals surface area contributed by atoms with Gasteiger partial charge in [-0.3, -0.25) is 0 Å². The number of thiocarbonyl (C=S) groups is 1. The van der Waals surface area contributed by atoms with Gasteiger partial charge in [-0.1, -0.05) is 30.0 Å². The second-order valence-corrected chi connectivity index (χ2v) is 6.62. The first kappa shape index (κ1) is 16.9. The van der Waals surface area contributed by atoms with Crippen LogP contribution in [0.4, 0.5) is 18.9 Å². The van der Waals surface area contributed by atoms with E-state index in [0.29, 0.717) is 27.3 Å². The number of alkyl halides is 3. The van der Waals surface area contributed by atoms with Gasteiger partial charge in [0, 0.05) is 11.4 Å². The molecule has 0 bridgehead atoms. The van der Waals surface area contributed by atoms with Crippen LogP contribution in [-0.2, 0) is 11.9 Å². The summed E-state index contributed by atoms with van der Waals surface area (Å²) < 4.78 is 48.6. The van der Waals surface area contributed by atoms with Gasteiger partial charge in [-0.25, -0.2) is 0 Å². The summed E-state index contributed by atoms with van der Waals surface area (Å²) in [6, 6.07) is 10.4. The van der Waals surface area contributed by atoms with Gasteiger partial charge in [-0.2, -0.15) is 13.2 Å². The Bertz CT molecular complexity index is 748. The molecule has 0 saturated carbocycles. The van der Waals surface area contributed by atoms with Crippen molar-refractivity contribution in [2.24, 2.45) is 0 Å². The Labute approximate surface area is 146 Å². The largest absolute Gasteiger partial charge is 0.454 e. The van der Waals surface area contributed by atoms with Crippen LogP contribution >= 0.6 is 24.0 Å². The molecule has 24 heavy (non-hydrogen) atoms. The fraction of sp³-hybridized carbons (Fsp3) is 0.188. The number of hydrogen-bond donors (Lipinski definition) is 1. The summed E-state index contributed by atoms with van der Waals surface area (Å²) in [5.41, 5.74) is 0.846. The Morgan fingerprint density at radius 3 is 2.50 bits per heavy atom. The Hall–Kier alpha value is -1.93. The number of hydrogen-bond acceptors (Lipinski definition) is 4. The highest BCUT2D eigenvalue weighted by Crippen LogP contribution is 2.34. The average Bonchev–Trinajstić information content (AvgIpc) is 3.00. The fourth-order valence-corrected chi connectivity index (χ4v) is 3.04. The molecule has 126 valence electrons. The number of benzene rings is 2. The summed E-state index contributed by atoms with van der Waals surface area (Å²) in [5, 5.41) is 2.91. The molecule has 1 aliphatic heterocycles. The molecule has 1 aliphatic rings. The second-order valence-electron chi connectivity index (χ2n) is 4.96. The maximum atomic E-state index is 12.5. The first-order valence-corrected chi connectivity index (χ1v) is 8.31. The van der Waals surface area contributed by atoms with Gasteiger partial charge in [0.2, 0.25) is 6.79 Å². The van der Waals surface area contributed by atoms with E-state index >= 15 is 0 Å². The smallest absolute Gasteiger partial charge is 0.416 e. The van der Waals surface area contributed by atoms with Crippen LogP contribution in [0.3, 0.4) is 0 Å². The van der Waals surface area contributed by atoms with Gasteiger partial charge in [0.05, 0.1) is 5.56 Å². The SMILES string of the molecule is FC(F)(F)c1ccc(NC(=S)SCc2ccc3c(c2)OCO3)cc1. The van der Waals surface area contributed by atoms with Gasteiger partial charge >= 0.3 is 6.18 Å². The molecule has 0 spiro atoms.